The van der Waals surface area contributed by atoms with E-state index in [2.05, 4.69) is 65.4 Å². The average Bonchev–Trinajstić information content (AvgIpc) is 3.39. The molecule has 1 saturated heterocycles. The maximum Gasteiger partial charge on any atom is 0.243 e. The molecule has 2 atom stereocenters. The smallest absolute Gasteiger partial charge is 0.243 e. The second-order valence-corrected chi connectivity index (χ2v) is 10.7. The first-order valence-electron chi connectivity index (χ1n) is 14.3. The highest BCUT2D eigenvalue weighted by Gasteiger charge is 2.35. The first-order valence-corrected chi connectivity index (χ1v) is 14.3. The number of likely N-dealkylation sites (N-methyl/N-ethyl adjacent to an activating group) is 1. The zero-order valence-electron chi connectivity index (χ0n) is 24.7. The van der Waals surface area contributed by atoms with Gasteiger partial charge in [-0.25, -0.2) is 4.39 Å². The van der Waals surface area contributed by atoms with Crippen LogP contribution in [0.3, 0.4) is 0 Å². The summed E-state index contributed by atoms with van der Waals surface area (Å²) >= 11 is 0. The van der Waals surface area contributed by atoms with E-state index in [1.54, 1.807) is 12.1 Å². The molecule has 2 aromatic carbocycles. The molecule has 1 fully saturated rings. The summed E-state index contributed by atoms with van der Waals surface area (Å²) in [6.45, 7) is 10.3. The van der Waals surface area contributed by atoms with Crippen molar-refractivity contribution in [3.63, 3.8) is 0 Å². The third-order valence-electron chi connectivity index (χ3n) is 7.48. The van der Waals surface area contributed by atoms with Gasteiger partial charge in [0.05, 0.1) is 26.4 Å². The standard InChI is InChI=1S/C32H45FN4O4/c1-5-31(38)34-15-17-40-19-20-41-18-16-35-32(39)14-11-25-9-12-26(13-10-25)28-22-37(23-30(28)36(3)4)21-27-24(2)7-6-8-29(27)33/h5-10,12-13,28,30H,1,11,14-23H2,2-4H3,(H,34,38)(H,35,39)/t28-,30+/m1/s1. The maximum absolute atomic E-state index is 14.5. The molecule has 1 aliphatic heterocycles. The predicted octanol–water partition coefficient (Wildman–Crippen LogP) is 3.05. The van der Waals surface area contributed by atoms with Crippen LogP contribution in [0.4, 0.5) is 4.39 Å². The lowest BCUT2D eigenvalue weighted by Gasteiger charge is -2.25. The van der Waals surface area contributed by atoms with Crippen molar-refractivity contribution >= 4 is 11.8 Å². The number of carbonyl (C=O) groups excluding carboxylic acids is 2. The predicted molar refractivity (Wildman–Crippen MR) is 159 cm³/mol. The third-order valence-corrected chi connectivity index (χ3v) is 7.48. The van der Waals surface area contributed by atoms with Crippen LogP contribution in [0.2, 0.25) is 0 Å². The average molecular weight is 569 g/mol. The van der Waals surface area contributed by atoms with E-state index in [4.69, 9.17) is 9.47 Å². The van der Waals surface area contributed by atoms with Crippen LogP contribution in [0.5, 0.6) is 0 Å². The summed E-state index contributed by atoms with van der Waals surface area (Å²) < 4.78 is 25.3. The number of hydrogen-bond acceptors (Lipinski definition) is 6. The van der Waals surface area contributed by atoms with Gasteiger partial charge in [0.25, 0.3) is 0 Å². The van der Waals surface area contributed by atoms with Crippen molar-refractivity contribution < 1.29 is 23.5 Å². The molecule has 0 aromatic heterocycles. The van der Waals surface area contributed by atoms with E-state index >= 15 is 0 Å². The number of halogens is 1. The van der Waals surface area contributed by atoms with Crippen LogP contribution in [-0.2, 0) is 32.0 Å². The largest absolute Gasteiger partial charge is 0.377 e. The van der Waals surface area contributed by atoms with Gasteiger partial charge in [-0.3, -0.25) is 14.5 Å². The topological polar surface area (TPSA) is 83.1 Å². The first kappa shape index (κ1) is 32.4. The van der Waals surface area contributed by atoms with Crippen LogP contribution in [0.25, 0.3) is 0 Å². The van der Waals surface area contributed by atoms with E-state index < -0.39 is 0 Å². The van der Waals surface area contributed by atoms with Crippen molar-refractivity contribution in [1.29, 1.82) is 0 Å². The van der Waals surface area contributed by atoms with Crippen molar-refractivity contribution in [3.05, 3.63) is 83.2 Å². The van der Waals surface area contributed by atoms with Crippen LogP contribution >= 0.6 is 0 Å². The van der Waals surface area contributed by atoms with Gasteiger partial charge >= 0.3 is 0 Å². The lowest BCUT2D eigenvalue weighted by molar-refractivity contribution is -0.121. The van der Waals surface area contributed by atoms with Gasteiger partial charge in [0.2, 0.25) is 11.8 Å². The van der Waals surface area contributed by atoms with Gasteiger partial charge < -0.3 is 25.0 Å². The van der Waals surface area contributed by atoms with E-state index in [1.165, 1.54) is 11.6 Å². The molecular formula is C32H45FN4O4. The number of hydrogen-bond donors (Lipinski definition) is 2. The van der Waals surface area contributed by atoms with E-state index in [9.17, 15) is 14.0 Å². The molecule has 2 N–H and O–H groups in total. The highest BCUT2D eigenvalue weighted by atomic mass is 19.1. The van der Waals surface area contributed by atoms with Gasteiger partial charge in [-0.05, 0) is 56.3 Å². The van der Waals surface area contributed by atoms with Gasteiger partial charge in [0.15, 0.2) is 0 Å². The zero-order valence-corrected chi connectivity index (χ0v) is 24.7. The Labute approximate surface area is 243 Å². The van der Waals surface area contributed by atoms with Gasteiger partial charge in [0, 0.05) is 56.7 Å². The molecule has 1 heterocycles. The van der Waals surface area contributed by atoms with Crippen molar-refractivity contribution in [2.75, 3.05) is 66.7 Å². The number of benzene rings is 2. The lowest BCUT2D eigenvalue weighted by Crippen LogP contribution is -2.34. The molecule has 3 rings (SSSR count). The second kappa shape index (κ2) is 17.0. The van der Waals surface area contributed by atoms with Gasteiger partial charge in [0.1, 0.15) is 5.82 Å². The Morgan fingerprint density at radius 1 is 1.02 bits per heavy atom. The lowest BCUT2D eigenvalue weighted by atomic mass is 9.92. The summed E-state index contributed by atoms with van der Waals surface area (Å²) in [4.78, 5) is 27.9. The SMILES string of the molecule is C=CC(=O)NCCOCCOCCNC(=O)CCc1ccc([C@H]2CN(Cc3c(C)cccc3F)C[C@@H]2N(C)C)cc1. The molecule has 41 heavy (non-hydrogen) atoms. The molecule has 0 saturated carbocycles. The van der Waals surface area contributed by atoms with Crippen LogP contribution in [0, 0.1) is 12.7 Å². The van der Waals surface area contributed by atoms with E-state index in [0.717, 1.165) is 29.8 Å². The van der Waals surface area contributed by atoms with Crippen LogP contribution in [-0.4, -0.2) is 94.4 Å². The molecule has 0 unspecified atom stereocenters. The molecule has 2 aromatic rings. The van der Waals surface area contributed by atoms with E-state index in [1.807, 2.05) is 13.0 Å². The molecule has 0 radical (unpaired) electrons. The minimum Gasteiger partial charge on any atom is -0.377 e. The number of likely N-dealkylation sites (tertiary alicyclic amines) is 1. The fraction of sp³-hybridized carbons (Fsp3) is 0.500. The number of nitrogens with zero attached hydrogens (tertiary/aromatic N) is 2. The number of nitrogens with one attached hydrogen (secondary N) is 2. The molecule has 1 aliphatic rings. The highest BCUT2D eigenvalue weighted by Crippen LogP contribution is 2.32. The zero-order chi connectivity index (χ0) is 29.6. The van der Waals surface area contributed by atoms with E-state index in [-0.39, 0.29) is 17.6 Å². The number of amides is 2. The monoisotopic (exact) mass is 568 g/mol. The molecular weight excluding hydrogens is 523 g/mol. The molecule has 0 bridgehead atoms. The fourth-order valence-corrected chi connectivity index (χ4v) is 5.12. The Kier molecular flexibility index (Phi) is 13.4. The molecule has 9 heteroatoms. The maximum atomic E-state index is 14.5. The molecule has 0 spiro atoms. The normalized spacial score (nSPS) is 17.1. The number of carbonyl (C=O) groups is 2. The van der Waals surface area contributed by atoms with E-state index in [0.29, 0.717) is 70.9 Å². The quantitative estimate of drug-likeness (QED) is 0.226. The molecule has 2 amide bonds. The Balaban J connectivity index is 1.35. The summed E-state index contributed by atoms with van der Waals surface area (Å²) in [5, 5.41) is 5.52. The van der Waals surface area contributed by atoms with Crippen LogP contribution in [0.1, 0.15) is 34.6 Å². The fourth-order valence-electron chi connectivity index (χ4n) is 5.12. The second-order valence-electron chi connectivity index (χ2n) is 10.7. The minimum absolute atomic E-state index is 0.00516. The van der Waals surface area contributed by atoms with Crippen LogP contribution in [0.15, 0.2) is 55.1 Å². The summed E-state index contributed by atoms with van der Waals surface area (Å²) in [5.74, 6) is -0.0296. The van der Waals surface area contributed by atoms with Crippen molar-refractivity contribution in [3.8, 4) is 0 Å². The van der Waals surface area contributed by atoms with Crippen molar-refractivity contribution in [1.82, 2.24) is 20.4 Å². The Hall–Kier alpha value is -3.11. The van der Waals surface area contributed by atoms with Crippen LogP contribution < -0.4 is 10.6 Å². The summed E-state index contributed by atoms with van der Waals surface area (Å²) in [6.07, 6.45) is 2.30. The molecule has 8 nitrogen and oxygen atoms in total. The van der Waals surface area contributed by atoms with Gasteiger partial charge in [-0.2, -0.15) is 0 Å². The molecule has 0 aliphatic carbocycles. The third kappa shape index (κ3) is 10.7. The minimum atomic E-state index is -0.222. The van der Waals surface area contributed by atoms with Gasteiger partial charge in [-0.1, -0.05) is 43.0 Å². The molecule has 224 valence electrons. The number of aryl methyl sites for hydroxylation is 2. The first-order chi connectivity index (χ1) is 19.8. The van der Waals surface area contributed by atoms with Crippen molar-refractivity contribution in [2.45, 2.75) is 38.3 Å². The summed E-state index contributed by atoms with van der Waals surface area (Å²) in [7, 11) is 4.21. The van der Waals surface area contributed by atoms with Crippen molar-refractivity contribution in [2.24, 2.45) is 0 Å². The Morgan fingerprint density at radius 3 is 2.34 bits per heavy atom. The number of ether oxygens (including phenoxy) is 2. The van der Waals surface area contributed by atoms with Gasteiger partial charge in [-0.15, -0.1) is 0 Å². The number of rotatable bonds is 17. The Bertz CT molecular complexity index is 1100. The highest BCUT2D eigenvalue weighted by molar-refractivity contribution is 5.86. The Morgan fingerprint density at radius 2 is 1.71 bits per heavy atom. The summed E-state index contributed by atoms with van der Waals surface area (Å²) in [6, 6.07) is 14.2. The summed E-state index contributed by atoms with van der Waals surface area (Å²) in [5.41, 5.74) is 4.17.